The minimum Gasteiger partial charge on any atom is -0.394 e. The molecule has 0 amide bonds. The lowest BCUT2D eigenvalue weighted by atomic mass is 10.3. The van der Waals surface area contributed by atoms with Crippen LogP contribution < -0.4 is 11.5 Å². The molecule has 2 nitrogen and oxygen atoms in total. The van der Waals surface area contributed by atoms with Gasteiger partial charge in [0.1, 0.15) is 0 Å². The molecule has 5 N–H and O–H groups in total. The predicted molar refractivity (Wildman–Crippen MR) is 58.8 cm³/mol. The van der Waals surface area contributed by atoms with Gasteiger partial charge < -0.3 is 11.5 Å². The summed E-state index contributed by atoms with van der Waals surface area (Å²) in [6.45, 7) is 0. The first-order chi connectivity index (χ1) is 4.61. The molecule has 0 heterocycles. The molecule has 0 fully saturated rings. The van der Waals surface area contributed by atoms with E-state index in [-0.39, 0.29) is 0 Å². The van der Waals surface area contributed by atoms with Gasteiger partial charge in [-0.2, -0.15) is 0 Å². The molecule has 0 radical (unpaired) electrons. The van der Waals surface area contributed by atoms with E-state index >= 15 is 0 Å². The molecule has 1 rings (SSSR count). The molecule has 0 aliphatic heterocycles. The van der Waals surface area contributed by atoms with E-state index in [2.05, 4.69) is 50.9 Å². The van der Waals surface area contributed by atoms with E-state index in [0.29, 0.717) is 0 Å². The molecule has 0 bridgehead atoms. The van der Waals surface area contributed by atoms with Crippen LogP contribution in [-0.2, 0) is 0 Å². The minimum absolute atomic E-state index is 0.768. The Hall–Kier alpha value is 0.440. The summed E-state index contributed by atoms with van der Waals surface area (Å²) < 4.78 is 2.39. The van der Waals surface area contributed by atoms with Crippen molar-refractivity contribution in [3.05, 3.63) is 19.3 Å². The Kier molecular flexibility index (Phi) is 2.75. The Labute approximate surface area is 86.6 Å². The van der Waals surface area contributed by atoms with E-state index in [1.165, 1.54) is 7.14 Å². The average molecular weight is 361 g/mol. The van der Waals surface area contributed by atoms with E-state index < -0.39 is 0 Å². The Balaban J connectivity index is 3.28. The first kappa shape index (κ1) is 8.54. The number of nitrogens with two attached hydrogens (primary N) is 1. The van der Waals surface area contributed by atoms with Crippen molar-refractivity contribution in [3.8, 4) is 0 Å². The molecular weight excluding hydrogens is 354 g/mol. The normalized spacial score (nSPS) is 9.90. The zero-order chi connectivity index (χ0) is 7.72. The second-order valence-electron chi connectivity index (χ2n) is 1.97. The lowest BCUT2D eigenvalue weighted by molar-refractivity contribution is -0.253. The molecule has 1 aromatic rings. The number of benzene rings is 1. The van der Waals surface area contributed by atoms with Gasteiger partial charge in [-0.05, 0) is 51.2 Å². The third-order valence-electron chi connectivity index (χ3n) is 1.18. The van der Waals surface area contributed by atoms with Crippen LogP contribution in [0.3, 0.4) is 0 Å². The Morgan fingerprint density at radius 1 is 1.20 bits per heavy atom. The maximum atomic E-state index is 5.62. The van der Waals surface area contributed by atoms with Gasteiger partial charge in [-0.15, -0.1) is 0 Å². The van der Waals surface area contributed by atoms with E-state index in [1.54, 1.807) is 0 Å². The molecule has 4 heteroatoms. The van der Waals surface area contributed by atoms with Gasteiger partial charge >= 0.3 is 0 Å². The summed E-state index contributed by atoms with van der Waals surface area (Å²) in [5.41, 5.74) is 11.1. The topological polar surface area (TPSA) is 53.7 Å². The number of nitrogen functional groups attached to an aromatic ring is 1. The first-order valence-corrected chi connectivity index (χ1v) is 4.83. The lowest BCUT2D eigenvalue weighted by Gasteiger charge is -1.98. The van der Waals surface area contributed by atoms with Crippen molar-refractivity contribution in [2.75, 3.05) is 5.73 Å². The second kappa shape index (κ2) is 3.22. The zero-order valence-corrected chi connectivity index (χ0v) is 9.51. The molecule has 0 spiro atoms. The summed E-state index contributed by atoms with van der Waals surface area (Å²) in [6.07, 6.45) is 0. The molecular formula is C6H7I2N2+. The highest BCUT2D eigenvalue weighted by Crippen LogP contribution is 2.22. The standard InChI is InChI=1S/C6H6I2N2/c7-3-1-5(9)6(10)2-4(3)8/h1-2H,9-10H2/p+1. The fourth-order valence-electron chi connectivity index (χ4n) is 0.603. The maximum Gasteiger partial charge on any atom is 0.152 e. The molecule has 0 aliphatic rings. The second-order valence-corrected chi connectivity index (χ2v) is 4.29. The van der Waals surface area contributed by atoms with Crippen molar-refractivity contribution < 1.29 is 5.73 Å². The van der Waals surface area contributed by atoms with Crippen molar-refractivity contribution >= 4 is 56.6 Å². The number of hydrogen-bond donors (Lipinski definition) is 2. The van der Waals surface area contributed by atoms with Crippen LogP contribution in [0.25, 0.3) is 0 Å². The quantitative estimate of drug-likeness (QED) is 0.532. The first-order valence-electron chi connectivity index (χ1n) is 2.67. The molecule has 0 saturated carbocycles. The molecule has 0 atom stereocenters. The van der Waals surface area contributed by atoms with Gasteiger partial charge in [0.05, 0.1) is 5.69 Å². The van der Waals surface area contributed by atoms with E-state index in [0.717, 1.165) is 11.4 Å². The Bertz CT molecular complexity index is 210. The number of hydrogen-bond acceptors (Lipinski definition) is 1. The molecule has 0 aliphatic carbocycles. The van der Waals surface area contributed by atoms with Crippen molar-refractivity contribution in [2.24, 2.45) is 0 Å². The summed E-state index contributed by atoms with van der Waals surface area (Å²) >= 11 is 4.51. The number of quaternary nitrogens is 1. The summed E-state index contributed by atoms with van der Waals surface area (Å²) in [5, 5.41) is 0. The van der Waals surface area contributed by atoms with Crippen LogP contribution in [0.5, 0.6) is 0 Å². The minimum atomic E-state index is 0.768. The van der Waals surface area contributed by atoms with E-state index in [9.17, 15) is 0 Å². The van der Waals surface area contributed by atoms with Gasteiger partial charge in [0.25, 0.3) is 0 Å². The third kappa shape index (κ3) is 1.73. The third-order valence-corrected chi connectivity index (χ3v) is 4.00. The van der Waals surface area contributed by atoms with Gasteiger partial charge in [0, 0.05) is 13.2 Å². The van der Waals surface area contributed by atoms with Crippen LogP contribution in [0.4, 0.5) is 11.4 Å². The summed E-state index contributed by atoms with van der Waals surface area (Å²) in [7, 11) is 0. The Morgan fingerprint density at radius 2 is 1.70 bits per heavy atom. The fourth-order valence-corrected chi connectivity index (χ4v) is 1.63. The van der Waals surface area contributed by atoms with Crippen LogP contribution in [-0.4, -0.2) is 0 Å². The van der Waals surface area contributed by atoms with Gasteiger partial charge in [-0.3, -0.25) is 0 Å². The van der Waals surface area contributed by atoms with Crippen molar-refractivity contribution in [1.82, 2.24) is 0 Å². The van der Waals surface area contributed by atoms with Crippen LogP contribution in [0.15, 0.2) is 12.1 Å². The van der Waals surface area contributed by atoms with Gasteiger partial charge in [0.15, 0.2) is 5.69 Å². The SMILES string of the molecule is Nc1cc(I)c(I)cc1[NH3+]. The molecule has 0 unspecified atom stereocenters. The monoisotopic (exact) mass is 361 g/mol. The van der Waals surface area contributed by atoms with Crippen LogP contribution in [0.1, 0.15) is 0 Å². The fraction of sp³-hybridized carbons (Fsp3) is 0. The van der Waals surface area contributed by atoms with Crippen LogP contribution >= 0.6 is 45.2 Å². The highest BCUT2D eigenvalue weighted by atomic mass is 127. The van der Waals surface area contributed by atoms with Crippen LogP contribution in [0.2, 0.25) is 0 Å². The highest BCUT2D eigenvalue weighted by Gasteiger charge is 2.02. The van der Waals surface area contributed by atoms with Crippen molar-refractivity contribution in [3.63, 3.8) is 0 Å². The largest absolute Gasteiger partial charge is 0.394 e. The number of rotatable bonds is 0. The molecule has 54 valence electrons. The average Bonchev–Trinajstić information content (AvgIpc) is 1.84. The summed E-state index contributed by atoms with van der Waals surface area (Å²) in [5.74, 6) is 0. The molecule has 0 aromatic heterocycles. The molecule has 1 aromatic carbocycles. The van der Waals surface area contributed by atoms with Crippen molar-refractivity contribution in [1.29, 1.82) is 0 Å². The van der Waals surface area contributed by atoms with Crippen LogP contribution in [0, 0.1) is 7.14 Å². The van der Waals surface area contributed by atoms with E-state index in [1.807, 2.05) is 12.1 Å². The zero-order valence-electron chi connectivity index (χ0n) is 5.20. The molecule has 10 heavy (non-hydrogen) atoms. The number of halogens is 2. The van der Waals surface area contributed by atoms with E-state index in [4.69, 9.17) is 5.73 Å². The smallest absolute Gasteiger partial charge is 0.152 e. The summed E-state index contributed by atoms with van der Waals surface area (Å²) in [4.78, 5) is 0. The molecule has 0 saturated heterocycles. The maximum absolute atomic E-state index is 5.62. The van der Waals surface area contributed by atoms with Gasteiger partial charge in [-0.1, -0.05) is 0 Å². The Morgan fingerprint density at radius 3 is 2.20 bits per heavy atom. The number of anilines is 1. The van der Waals surface area contributed by atoms with Crippen molar-refractivity contribution in [2.45, 2.75) is 0 Å². The predicted octanol–water partition coefficient (Wildman–Crippen LogP) is 1.35. The highest BCUT2D eigenvalue weighted by molar-refractivity contribution is 14.1. The van der Waals surface area contributed by atoms with Gasteiger partial charge in [0.2, 0.25) is 0 Å². The van der Waals surface area contributed by atoms with Gasteiger partial charge in [-0.25, -0.2) is 0 Å². The summed E-state index contributed by atoms with van der Waals surface area (Å²) in [6, 6.07) is 3.92. The lowest BCUT2D eigenvalue weighted by Crippen LogP contribution is -2.41.